The fourth-order valence-electron chi connectivity index (χ4n) is 2.30. The molecule has 0 spiro atoms. The topological polar surface area (TPSA) is 37.4 Å². The van der Waals surface area contributed by atoms with Crippen LogP contribution in [0.5, 0.6) is 0 Å². The summed E-state index contributed by atoms with van der Waals surface area (Å²) in [5.41, 5.74) is 0.104. The first-order chi connectivity index (χ1) is 9.99. The van der Waals surface area contributed by atoms with E-state index in [2.05, 4.69) is 0 Å². The highest BCUT2D eigenvalue weighted by atomic mass is 35.5. The molecule has 0 fully saturated rings. The van der Waals surface area contributed by atoms with Gasteiger partial charge in [0.2, 0.25) is 0 Å². The quantitative estimate of drug-likeness (QED) is 0.798. The van der Waals surface area contributed by atoms with Crippen LogP contribution in [0.15, 0.2) is 36.4 Å². The molecule has 0 aliphatic carbocycles. The van der Waals surface area contributed by atoms with Crippen LogP contribution in [0, 0.1) is 11.6 Å². The Hall–Kier alpha value is -2.27. The van der Waals surface area contributed by atoms with Crippen LogP contribution in [-0.4, -0.2) is 11.7 Å². The van der Waals surface area contributed by atoms with Gasteiger partial charge in [0.15, 0.2) is 5.82 Å². The maximum Gasteiger partial charge on any atom is 0.299 e. The number of hydrogen-bond acceptors (Lipinski definition) is 2. The van der Waals surface area contributed by atoms with Crippen molar-refractivity contribution in [2.45, 2.75) is 6.54 Å². The maximum atomic E-state index is 13.9. The van der Waals surface area contributed by atoms with Gasteiger partial charge in [-0.05, 0) is 17.7 Å². The summed E-state index contributed by atoms with van der Waals surface area (Å²) in [5, 5.41) is 0.397. The lowest BCUT2D eigenvalue weighted by atomic mass is 10.1. The molecular weight excluding hydrogens is 300 g/mol. The molecule has 0 saturated heterocycles. The van der Waals surface area contributed by atoms with Crippen LogP contribution >= 0.6 is 11.6 Å². The zero-order valence-corrected chi connectivity index (χ0v) is 11.3. The van der Waals surface area contributed by atoms with Crippen molar-refractivity contribution in [3.8, 4) is 0 Å². The second-order valence-corrected chi connectivity index (χ2v) is 5.00. The maximum absolute atomic E-state index is 13.9. The molecule has 1 amide bonds. The molecule has 2 aromatic rings. The van der Waals surface area contributed by atoms with E-state index in [1.807, 2.05) is 0 Å². The van der Waals surface area contributed by atoms with Gasteiger partial charge in [-0.1, -0.05) is 29.8 Å². The van der Waals surface area contributed by atoms with Crippen molar-refractivity contribution < 1.29 is 18.4 Å². The van der Waals surface area contributed by atoms with E-state index < -0.39 is 23.3 Å². The van der Waals surface area contributed by atoms with E-state index in [0.717, 1.165) is 11.0 Å². The Balaban J connectivity index is 2.08. The smallest absolute Gasteiger partial charge is 0.297 e. The SMILES string of the molecule is O=C1C(=O)N(Cc2ccccc2Cl)c2c(F)cc(F)cc21. The number of carbonyl (C=O) groups excluding carboxylic acids is 2. The fourth-order valence-corrected chi connectivity index (χ4v) is 2.50. The van der Waals surface area contributed by atoms with Gasteiger partial charge >= 0.3 is 0 Å². The standard InChI is InChI=1S/C15H8ClF2NO2/c16-11-4-2-1-3-8(11)7-19-13-10(14(20)15(19)21)5-9(17)6-12(13)18/h1-6H,7H2. The van der Waals surface area contributed by atoms with Gasteiger partial charge in [0.25, 0.3) is 11.7 Å². The second kappa shape index (κ2) is 4.93. The van der Waals surface area contributed by atoms with Crippen molar-refractivity contribution in [1.82, 2.24) is 0 Å². The zero-order chi connectivity index (χ0) is 15.1. The third-order valence-electron chi connectivity index (χ3n) is 3.27. The van der Waals surface area contributed by atoms with Gasteiger partial charge in [0, 0.05) is 11.1 Å². The van der Waals surface area contributed by atoms with Crippen LogP contribution in [0.2, 0.25) is 5.02 Å². The summed E-state index contributed by atoms with van der Waals surface area (Å²) in [4.78, 5) is 24.8. The van der Waals surface area contributed by atoms with Crippen LogP contribution in [0.3, 0.4) is 0 Å². The number of halogens is 3. The molecule has 3 rings (SSSR count). The molecule has 0 aromatic heterocycles. The van der Waals surface area contributed by atoms with Crippen LogP contribution in [-0.2, 0) is 11.3 Å². The Labute approximate surface area is 123 Å². The van der Waals surface area contributed by atoms with E-state index in [9.17, 15) is 18.4 Å². The van der Waals surface area contributed by atoms with Crippen molar-refractivity contribution in [2.24, 2.45) is 0 Å². The number of benzene rings is 2. The van der Waals surface area contributed by atoms with Crippen LogP contribution in [0.1, 0.15) is 15.9 Å². The number of anilines is 1. The minimum atomic E-state index is -0.948. The molecule has 21 heavy (non-hydrogen) atoms. The number of amides is 1. The summed E-state index contributed by atoms with van der Waals surface area (Å²) in [6.45, 7) is -0.0558. The summed E-state index contributed by atoms with van der Waals surface area (Å²) in [5.74, 6) is -3.66. The van der Waals surface area contributed by atoms with E-state index in [0.29, 0.717) is 16.7 Å². The average molecular weight is 308 g/mol. The largest absolute Gasteiger partial charge is 0.299 e. The lowest BCUT2D eigenvalue weighted by Gasteiger charge is -2.17. The molecule has 0 bridgehead atoms. The molecule has 0 unspecified atom stereocenters. The number of Topliss-reactive ketones (excluding diaryl/α,β-unsaturated/α-hetero) is 1. The molecule has 106 valence electrons. The van der Waals surface area contributed by atoms with E-state index in [-0.39, 0.29) is 17.8 Å². The molecule has 1 aliphatic heterocycles. The lowest BCUT2D eigenvalue weighted by molar-refractivity contribution is -0.114. The first-order valence-corrected chi connectivity index (χ1v) is 6.45. The third-order valence-corrected chi connectivity index (χ3v) is 3.64. The number of ketones is 1. The highest BCUT2D eigenvalue weighted by molar-refractivity contribution is 6.52. The molecule has 0 radical (unpaired) electrons. The summed E-state index contributed by atoms with van der Waals surface area (Å²) < 4.78 is 27.1. The van der Waals surface area contributed by atoms with Gasteiger partial charge in [-0.2, -0.15) is 0 Å². The molecule has 2 aromatic carbocycles. The zero-order valence-electron chi connectivity index (χ0n) is 10.6. The molecular formula is C15H8ClF2NO2. The predicted octanol–water partition coefficient (Wildman–Crippen LogP) is 3.35. The molecule has 1 aliphatic rings. The number of rotatable bonds is 2. The minimum Gasteiger partial charge on any atom is -0.297 e. The Bertz CT molecular complexity index is 776. The molecule has 3 nitrogen and oxygen atoms in total. The first kappa shape index (κ1) is 13.7. The predicted molar refractivity (Wildman–Crippen MR) is 73.3 cm³/mol. The van der Waals surface area contributed by atoms with Gasteiger partial charge in [0.1, 0.15) is 5.82 Å². The Kier molecular flexibility index (Phi) is 3.22. The fraction of sp³-hybridized carbons (Fsp3) is 0.0667. The van der Waals surface area contributed by atoms with E-state index in [4.69, 9.17) is 11.6 Å². The first-order valence-electron chi connectivity index (χ1n) is 6.07. The monoisotopic (exact) mass is 307 g/mol. The van der Waals surface area contributed by atoms with Gasteiger partial charge in [-0.3, -0.25) is 14.5 Å². The number of hydrogen-bond donors (Lipinski definition) is 0. The molecule has 1 heterocycles. The second-order valence-electron chi connectivity index (χ2n) is 4.60. The summed E-state index contributed by atoms with van der Waals surface area (Å²) >= 11 is 6.00. The van der Waals surface area contributed by atoms with Gasteiger partial charge in [-0.15, -0.1) is 0 Å². The van der Waals surface area contributed by atoms with Gasteiger partial charge in [0.05, 0.1) is 17.8 Å². The molecule has 0 saturated carbocycles. The highest BCUT2D eigenvalue weighted by Crippen LogP contribution is 2.34. The summed E-state index contributed by atoms with van der Waals surface area (Å²) in [6.07, 6.45) is 0. The van der Waals surface area contributed by atoms with Crippen LogP contribution in [0.25, 0.3) is 0 Å². The Morgan fingerprint density at radius 2 is 1.81 bits per heavy atom. The molecule has 6 heteroatoms. The van der Waals surface area contributed by atoms with Crippen molar-refractivity contribution >= 4 is 29.0 Å². The number of carbonyl (C=O) groups is 2. The lowest BCUT2D eigenvalue weighted by Crippen LogP contribution is -2.29. The van der Waals surface area contributed by atoms with Gasteiger partial charge < -0.3 is 0 Å². The normalized spacial score (nSPS) is 13.8. The average Bonchev–Trinajstić information content (AvgIpc) is 2.67. The highest BCUT2D eigenvalue weighted by Gasteiger charge is 2.38. The van der Waals surface area contributed by atoms with E-state index in [1.165, 1.54) is 0 Å². The summed E-state index contributed by atoms with van der Waals surface area (Å²) in [7, 11) is 0. The minimum absolute atomic E-state index is 0.0558. The van der Waals surface area contributed by atoms with E-state index >= 15 is 0 Å². The van der Waals surface area contributed by atoms with Crippen molar-refractivity contribution in [3.05, 3.63) is 64.2 Å². The number of nitrogens with zero attached hydrogens (tertiary/aromatic N) is 1. The van der Waals surface area contributed by atoms with Crippen molar-refractivity contribution in [3.63, 3.8) is 0 Å². The summed E-state index contributed by atoms with van der Waals surface area (Å²) in [6, 6.07) is 8.23. The van der Waals surface area contributed by atoms with Crippen molar-refractivity contribution in [1.29, 1.82) is 0 Å². The van der Waals surface area contributed by atoms with E-state index in [1.54, 1.807) is 24.3 Å². The van der Waals surface area contributed by atoms with Crippen molar-refractivity contribution in [2.75, 3.05) is 4.90 Å². The van der Waals surface area contributed by atoms with Crippen LogP contribution in [0.4, 0.5) is 14.5 Å². The van der Waals surface area contributed by atoms with Crippen LogP contribution < -0.4 is 4.90 Å². The third kappa shape index (κ3) is 2.19. The molecule has 0 atom stereocenters. The molecule has 0 N–H and O–H groups in total. The Morgan fingerprint density at radius 3 is 2.52 bits per heavy atom. The Morgan fingerprint density at radius 1 is 1.10 bits per heavy atom. The number of fused-ring (bicyclic) bond motifs is 1. The van der Waals surface area contributed by atoms with Gasteiger partial charge in [-0.25, -0.2) is 8.78 Å².